The van der Waals surface area contributed by atoms with Gasteiger partial charge in [0, 0.05) is 5.56 Å². The van der Waals surface area contributed by atoms with Crippen LogP contribution in [0.5, 0.6) is 11.6 Å². The Labute approximate surface area is 162 Å². The van der Waals surface area contributed by atoms with Gasteiger partial charge in [-0.2, -0.15) is 10.2 Å². The maximum absolute atomic E-state index is 13.3. The number of nitrogens with two attached hydrogens (primary N) is 1. The molecule has 8 heteroatoms. The average Bonchev–Trinajstić information content (AvgIpc) is 2.73. The monoisotopic (exact) mass is 395 g/mol. The first-order valence-electron chi connectivity index (χ1n) is 8.16. The van der Waals surface area contributed by atoms with Gasteiger partial charge in [-0.15, -0.1) is 0 Å². The number of anilines is 1. The van der Waals surface area contributed by atoms with Crippen molar-refractivity contribution in [2.45, 2.75) is 9.79 Å². The van der Waals surface area contributed by atoms with Gasteiger partial charge in [0.2, 0.25) is 15.7 Å². The number of methoxy groups -OCH3 is 2. The van der Waals surface area contributed by atoms with Crippen LogP contribution in [0.15, 0.2) is 64.4 Å². The van der Waals surface area contributed by atoms with Crippen LogP contribution >= 0.6 is 0 Å². The summed E-state index contributed by atoms with van der Waals surface area (Å²) in [5.41, 5.74) is 6.63. The van der Waals surface area contributed by atoms with Crippen molar-refractivity contribution < 1.29 is 17.9 Å². The van der Waals surface area contributed by atoms with E-state index in [-0.39, 0.29) is 32.6 Å². The Bertz CT molecular complexity index is 1150. The second-order valence-electron chi connectivity index (χ2n) is 5.74. The van der Waals surface area contributed by atoms with Crippen LogP contribution in [0.3, 0.4) is 0 Å². The molecule has 0 amide bonds. The fraction of sp³-hybridized carbons (Fsp3) is 0.100. The second kappa shape index (κ2) is 7.58. The van der Waals surface area contributed by atoms with Gasteiger partial charge in [0.25, 0.3) is 0 Å². The highest BCUT2D eigenvalue weighted by Gasteiger charge is 2.30. The normalized spacial score (nSPS) is 10.9. The first-order chi connectivity index (χ1) is 13.4. The summed E-state index contributed by atoms with van der Waals surface area (Å²) in [6.07, 6.45) is 0. The summed E-state index contributed by atoms with van der Waals surface area (Å²) in [7, 11) is -1.19. The Balaban J connectivity index is 2.41. The van der Waals surface area contributed by atoms with E-state index >= 15 is 0 Å². The number of sulfone groups is 1. The van der Waals surface area contributed by atoms with Crippen LogP contribution in [0.2, 0.25) is 0 Å². The van der Waals surface area contributed by atoms with Crippen LogP contribution in [-0.2, 0) is 9.84 Å². The Hall–Kier alpha value is -3.57. The lowest BCUT2D eigenvalue weighted by atomic mass is 10.0. The van der Waals surface area contributed by atoms with Gasteiger partial charge in [0.05, 0.1) is 19.1 Å². The molecular weight excluding hydrogens is 378 g/mol. The average molecular weight is 395 g/mol. The third-order valence-electron chi connectivity index (χ3n) is 4.15. The minimum Gasteiger partial charge on any atom is -0.497 e. The SMILES string of the molecule is COc1ccc(-c2c(C#N)c(OC)nc(N)c2S(=O)(=O)c2ccccc2)cc1. The number of hydrogen-bond donors (Lipinski definition) is 1. The molecule has 0 saturated carbocycles. The number of ether oxygens (including phenoxy) is 2. The van der Waals surface area contributed by atoms with Crippen LogP contribution in [0.1, 0.15) is 5.56 Å². The maximum Gasteiger partial charge on any atom is 0.234 e. The van der Waals surface area contributed by atoms with Gasteiger partial charge < -0.3 is 15.2 Å². The van der Waals surface area contributed by atoms with Crippen LogP contribution in [0.25, 0.3) is 11.1 Å². The summed E-state index contributed by atoms with van der Waals surface area (Å²) in [6, 6.07) is 16.5. The maximum atomic E-state index is 13.3. The number of hydrogen-bond acceptors (Lipinski definition) is 7. The highest BCUT2D eigenvalue weighted by Crippen LogP contribution is 2.40. The molecule has 1 heterocycles. The van der Waals surface area contributed by atoms with E-state index in [2.05, 4.69) is 4.98 Å². The molecule has 28 heavy (non-hydrogen) atoms. The fourth-order valence-corrected chi connectivity index (χ4v) is 4.40. The smallest absolute Gasteiger partial charge is 0.234 e. The standard InChI is InChI=1S/C20H17N3O4S/c1-26-14-10-8-13(9-11-14)17-16(12-21)20(27-2)23-19(22)18(17)28(24,25)15-6-4-3-5-7-15/h3-11H,1-2H3,(H2,22,23). The molecule has 0 radical (unpaired) electrons. The van der Waals surface area contributed by atoms with Crippen molar-refractivity contribution in [2.24, 2.45) is 0 Å². The minimum absolute atomic E-state index is 0.0172. The Morgan fingerprint density at radius 2 is 1.64 bits per heavy atom. The zero-order valence-corrected chi connectivity index (χ0v) is 16.0. The molecule has 3 rings (SSSR count). The Morgan fingerprint density at radius 1 is 1.00 bits per heavy atom. The van der Waals surface area contributed by atoms with E-state index < -0.39 is 9.84 Å². The molecule has 0 atom stereocenters. The number of pyridine rings is 1. The molecule has 0 aliphatic carbocycles. The predicted molar refractivity (Wildman–Crippen MR) is 104 cm³/mol. The zero-order chi connectivity index (χ0) is 20.3. The molecule has 0 saturated heterocycles. The molecule has 7 nitrogen and oxygen atoms in total. The van der Waals surface area contributed by atoms with Gasteiger partial charge in [0.1, 0.15) is 28.1 Å². The van der Waals surface area contributed by atoms with Crippen molar-refractivity contribution in [3.8, 4) is 28.8 Å². The van der Waals surface area contributed by atoms with E-state index in [1.807, 2.05) is 6.07 Å². The molecule has 0 aliphatic heterocycles. The summed E-state index contributed by atoms with van der Waals surface area (Å²) in [5.74, 6) is 0.298. The highest BCUT2D eigenvalue weighted by atomic mass is 32.2. The van der Waals surface area contributed by atoms with Gasteiger partial charge in [-0.25, -0.2) is 8.42 Å². The van der Waals surface area contributed by atoms with E-state index in [1.54, 1.807) is 42.5 Å². The van der Waals surface area contributed by atoms with Crippen molar-refractivity contribution >= 4 is 15.7 Å². The topological polar surface area (TPSA) is 115 Å². The third-order valence-corrected chi connectivity index (χ3v) is 6.00. The number of benzene rings is 2. The number of nitrogens with zero attached hydrogens (tertiary/aromatic N) is 2. The van der Waals surface area contributed by atoms with Crippen molar-refractivity contribution in [2.75, 3.05) is 20.0 Å². The van der Waals surface area contributed by atoms with Crippen molar-refractivity contribution in [1.29, 1.82) is 5.26 Å². The van der Waals surface area contributed by atoms with Gasteiger partial charge >= 0.3 is 0 Å². The predicted octanol–water partition coefficient (Wildman–Crippen LogP) is 3.05. The summed E-state index contributed by atoms with van der Waals surface area (Å²) >= 11 is 0. The first-order valence-corrected chi connectivity index (χ1v) is 9.64. The number of aromatic nitrogens is 1. The van der Waals surface area contributed by atoms with Gasteiger partial charge in [-0.1, -0.05) is 30.3 Å². The van der Waals surface area contributed by atoms with Crippen molar-refractivity contribution in [3.05, 3.63) is 60.2 Å². The summed E-state index contributed by atoms with van der Waals surface area (Å²) < 4.78 is 37.0. The largest absolute Gasteiger partial charge is 0.497 e. The number of nitriles is 1. The van der Waals surface area contributed by atoms with Crippen LogP contribution in [0.4, 0.5) is 5.82 Å². The molecular formula is C20H17N3O4S. The second-order valence-corrected chi connectivity index (χ2v) is 7.63. The van der Waals surface area contributed by atoms with E-state index in [0.717, 1.165) is 0 Å². The van der Waals surface area contributed by atoms with Crippen LogP contribution in [-0.4, -0.2) is 27.6 Å². The molecule has 0 unspecified atom stereocenters. The fourth-order valence-electron chi connectivity index (χ4n) is 2.84. The lowest BCUT2D eigenvalue weighted by Gasteiger charge is -2.16. The highest BCUT2D eigenvalue weighted by molar-refractivity contribution is 7.91. The van der Waals surface area contributed by atoms with Crippen molar-refractivity contribution in [1.82, 2.24) is 4.98 Å². The number of nitrogen functional groups attached to an aromatic ring is 1. The molecule has 142 valence electrons. The Morgan fingerprint density at radius 3 is 2.18 bits per heavy atom. The van der Waals surface area contributed by atoms with Crippen LogP contribution in [0, 0.1) is 11.3 Å². The summed E-state index contributed by atoms with van der Waals surface area (Å²) in [5, 5.41) is 9.71. The summed E-state index contributed by atoms with van der Waals surface area (Å²) in [6.45, 7) is 0. The zero-order valence-electron chi connectivity index (χ0n) is 15.2. The molecule has 2 aromatic carbocycles. The van der Waals surface area contributed by atoms with Crippen LogP contribution < -0.4 is 15.2 Å². The van der Waals surface area contributed by atoms with Crippen molar-refractivity contribution in [3.63, 3.8) is 0 Å². The summed E-state index contributed by atoms with van der Waals surface area (Å²) in [4.78, 5) is 3.82. The van der Waals surface area contributed by atoms with E-state index in [9.17, 15) is 13.7 Å². The van der Waals surface area contributed by atoms with E-state index in [4.69, 9.17) is 15.2 Å². The van der Waals surface area contributed by atoms with Gasteiger partial charge in [-0.3, -0.25) is 0 Å². The molecule has 0 bridgehead atoms. The quantitative estimate of drug-likeness (QED) is 0.706. The molecule has 0 fully saturated rings. The molecule has 3 aromatic rings. The Kier molecular flexibility index (Phi) is 5.20. The minimum atomic E-state index is -4.05. The molecule has 0 aliphatic rings. The van der Waals surface area contributed by atoms with Gasteiger partial charge in [-0.05, 0) is 29.8 Å². The first kappa shape index (κ1) is 19.2. The lowest BCUT2D eigenvalue weighted by Crippen LogP contribution is -2.12. The van der Waals surface area contributed by atoms with Gasteiger partial charge in [0.15, 0.2) is 0 Å². The molecule has 1 aromatic heterocycles. The number of rotatable bonds is 5. The van der Waals surface area contributed by atoms with E-state index in [1.165, 1.54) is 26.4 Å². The molecule has 0 spiro atoms. The lowest BCUT2D eigenvalue weighted by molar-refractivity contribution is 0.397. The van der Waals surface area contributed by atoms with E-state index in [0.29, 0.717) is 11.3 Å². The third kappa shape index (κ3) is 3.23. The molecule has 2 N–H and O–H groups in total.